The molecule has 0 unspecified atom stereocenters. The maximum atomic E-state index is 13.6. The smallest absolute Gasteiger partial charge is 0.146 e. The number of rotatable bonds is 3. The van der Waals surface area contributed by atoms with Gasteiger partial charge in [0.15, 0.2) is 0 Å². The first kappa shape index (κ1) is 12.1. The van der Waals surface area contributed by atoms with E-state index in [9.17, 15) is 4.39 Å². The number of nitrogens with zero attached hydrogens (tertiary/aromatic N) is 2. The third-order valence-corrected chi connectivity index (χ3v) is 2.74. The van der Waals surface area contributed by atoms with E-state index in [0.29, 0.717) is 17.8 Å². The molecule has 0 bridgehead atoms. The molecular formula is C15H13FN2. The summed E-state index contributed by atoms with van der Waals surface area (Å²) in [5, 5.41) is 8.83. The van der Waals surface area contributed by atoms with E-state index in [0.717, 1.165) is 5.56 Å². The van der Waals surface area contributed by atoms with Crippen molar-refractivity contribution in [2.45, 2.75) is 6.54 Å². The van der Waals surface area contributed by atoms with Gasteiger partial charge in [-0.15, -0.1) is 0 Å². The van der Waals surface area contributed by atoms with Gasteiger partial charge in [-0.25, -0.2) is 4.39 Å². The molecule has 0 saturated carbocycles. The average Bonchev–Trinajstić information content (AvgIpc) is 2.39. The second-order valence-corrected chi connectivity index (χ2v) is 4.12. The molecule has 0 N–H and O–H groups in total. The van der Waals surface area contributed by atoms with Gasteiger partial charge in [0.1, 0.15) is 5.82 Å². The van der Waals surface area contributed by atoms with Crippen molar-refractivity contribution in [1.29, 1.82) is 5.26 Å². The molecule has 0 saturated heterocycles. The van der Waals surface area contributed by atoms with Crippen LogP contribution < -0.4 is 4.90 Å². The number of anilines is 1. The zero-order valence-corrected chi connectivity index (χ0v) is 10.1. The van der Waals surface area contributed by atoms with Crippen molar-refractivity contribution >= 4 is 5.69 Å². The molecule has 0 heterocycles. The van der Waals surface area contributed by atoms with E-state index in [2.05, 4.69) is 6.07 Å². The summed E-state index contributed by atoms with van der Waals surface area (Å²) < 4.78 is 13.6. The molecule has 0 spiro atoms. The second-order valence-electron chi connectivity index (χ2n) is 4.12. The van der Waals surface area contributed by atoms with Gasteiger partial charge in [0, 0.05) is 13.6 Å². The summed E-state index contributed by atoms with van der Waals surface area (Å²) in [6.07, 6.45) is 0. The summed E-state index contributed by atoms with van der Waals surface area (Å²) in [4.78, 5) is 1.83. The molecule has 2 nitrogen and oxygen atoms in total. The molecule has 0 amide bonds. The third kappa shape index (κ3) is 2.67. The lowest BCUT2D eigenvalue weighted by Crippen LogP contribution is -2.17. The van der Waals surface area contributed by atoms with E-state index in [-0.39, 0.29) is 5.82 Å². The first-order valence-electron chi connectivity index (χ1n) is 5.65. The average molecular weight is 240 g/mol. The minimum absolute atomic E-state index is 0.239. The fourth-order valence-electron chi connectivity index (χ4n) is 1.86. The summed E-state index contributed by atoms with van der Waals surface area (Å²) >= 11 is 0. The van der Waals surface area contributed by atoms with Crippen molar-refractivity contribution in [3.05, 3.63) is 65.5 Å². The van der Waals surface area contributed by atoms with Crippen LogP contribution in [0.4, 0.5) is 10.1 Å². The van der Waals surface area contributed by atoms with Crippen LogP contribution in [0.3, 0.4) is 0 Å². The molecule has 2 aromatic rings. The molecule has 0 radical (unpaired) electrons. The molecule has 90 valence electrons. The fraction of sp³-hybridized carbons (Fsp3) is 0.133. The molecule has 0 atom stereocenters. The lowest BCUT2D eigenvalue weighted by molar-refractivity contribution is 0.622. The number of halogens is 1. The van der Waals surface area contributed by atoms with Crippen molar-refractivity contribution in [3.8, 4) is 6.07 Å². The molecule has 3 heteroatoms. The number of nitriles is 1. The molecule has 0 aliphatic carbocycles. The molecule has 0 aromatic heterocycles. The summed E-state index contributed by atoms with van der Waals surface area (Å²) in [5.74, 6) is -0.239. The largest absolute Gasteiger partial charge is 0.368 e. The van der Waals surface area contributed by atoms with Crippen molar-refractivity contribution in [3.63, 3.8) is 0 Å². The Bertz CT molecular complexity index is 587. The molecule has 2 aromatic carbocycles. The summed E-state index contributed by atoms with van der Waals surface area (Å²) in [6.45, 7) is 0.566. The zero-order valence-electron chi connectivity index (χ0n) is 10.1. The molecular weight excluding hydrogens is 227 g/mol. The number of hydrogen-bond donors (Lipinski definition) is 0. The third-order valence-electron chi connectivity index (χ3n) is 2.74. The first-order valence-corrected chi connectivity index (χ1v) is 5.65. The predicted molar refractivity (Wildman–Crippen MR) is 69.7 cm³/mol. The Balaban J connectivity index is 2.19. The minimum atomic E-state index is -0.239. The maximum absolute atomic E-state index is 13.6. The number of benzene rings is 2. The Hall–Kier alpha value is -2.34. The van der Waals surface area contributed by atoms with Crippen LogP contribution in [-0.4, -0.2) is 7.05 Å². The Morgan fingerprint density at radius 2 is 1.94 bits per heavy atom. The van der Waals surface area contributed by atoms with Crippen LogP contribution in [0.25, 0.3) is 0 Å². The van der Waals surface area contributed by atoms with E-state index in [1.165, 1.54) is 6.07 Å². The normalized spacial score (nSPS) is 9.83. The highest BCUT2D eigenvalue weighted by atomic mass is 19.1. The number of para-hydroxylation sites is 1. The minimum Gasteiger partial charge on any atom is -0.368 e. The Morgan fingerprint density at radius 1 is 1.17 bits per heavy atom. The Kier molecular flexibility index (Phi) is 3.59. The van der Waals surface area contributed by atoms with Crippen molar-refractivity contribution in [2.24, 2.45) is 0 Å². The second kappa shape index (κ2) is 5.33. The van der Waals surface area contributed by atoms with E-state index in [4.69, 9.17) is 5.26 Å². The summed E-state index contributed by atoms with van der Waals surface area (Å²) in [5.41, 5.74) is 2.16. The van der Waals surface area contributed by atoms with Gasteiger partial charge in [0.2, 0.25) is 0 Å². The van der Waals surface area contributed by atoms with E-state index < -0.39 is 0 Å². The first-order chi connectivity index (χ1) is 8.70. The molecule has 18 heavy (non-hydrogen) atoms. The Morgan fingerprint density at radius 3 is 2.67 bits per heavy atom. The number of hydrogen-bond acceptors (Lipinski definition) is 2. The van der Waals surface area contributed by atoms with Crippen LogP contribution in [0.2, 0.25) is 0 Å². The van der Waals surface area contributed by atoms with E-state index >= 15 is 0 Å². The van der Waals surface area contributed by atoms with Gasteiger partial charge in [-0.1, -0.05) is 24.3 Å². The highest BCUT2D eigenvalue weighted by Gasteiger charge is 2.07. The summed E-state index contributed by atoms with van der Waals surface area (Å²) in [7, 11) is 1.83. The van der Waals surface area contributed by atoms with Crippen LogP contribution in [0.1, 0.15) is 11.1 Å². The van der Waals surface area contributed by atoms with Crippen LogP contribution in [0, 0.1) is 17.1 Å². The van der Waals surface area contributed by atoms with Crippen LogP contribution in [0.15, 0.2) is 48.5 Å². The molecule has 0 aliphatic heterocycles. The van der Waals surface area contributed by atoms with Crippen LogP contribution >= 0.6 is 0 Å². The highest BCUT2D eigenvalue weighted by Crippen LogP contribution is 2.19. The van der Waals surface area contributed by atoms with Crippen LogP contribution in [0.5, 0.6) is 0 Å². The quantitative estimate of drug-likeness (QED) is 0.822. The van der Waals surface area contributed by atoms with Gasteiger partial charge >= 0.3 is 0 Å². The zero-order chi connectivity index (χ0) is 13.0. The van der Waals surface area contributed by atoms with E-state index in [1.54, 1.807) is 24.3 Å². The van der Waals surface area contributed by atoms with Crippen LogP contribution in [-0.2, 0) is 6.54 Å². The predicted octanol–water partition coefficient (Wildman–Crippen LogP) is 3.33. The standard InChI is InChI=1S/C15H13FN2/c1-18(15-8-3-2-7-14(15)16)11-13-6-4-5-12(9-13)10-17/h2-9H,11H2,1H3. The van der Waals surface area contributed by atoms with Gasteiger partial charge in [0.05, 0.1) is 17.3 Å². The fourth-order valence-corrected chi connectivity index (χ4v) is 1.86. The Labute approximate surface area is 106 Å². The molecule has 0 aliphatic rings. The molecule has 0 fully saturated rings. The highest BCUT2D eigenvalue weighted by molar-refractivity contribution is 5.47. The lowest BCUT2D eigenvalue weighted by atomic mass is 10.1. The lowest BCUT2D eigenvalue weighted by Gasteiger charge is -2.20. The van der Waals surface area contributed by atoms with E-state index in [1.807, 2.05) is 30.1 Å². The van der Waals surface area contributed by atoms with Crippen molar-refractivity contribution in [2.75, 3.05) is 11.9 Å². The van der Waals surface area contributed by atoms with Gasteiger partial charge < -0.3 is 4.90 Å². The molecule has 2 rings (SSSR count). The maximum Gasteiger partial charge on any atom is 0.146 e. The van der Waals surface area contributed by atoms with Gasteiger partial charge in [-0.2, -0.15) is 5.26 Å². The topological polar surface area (TPSA) is 27.0 Å². The monoisotopic (exact) mass is 240 g/mol. The van der Waals surface area contributed by atoms with Gasteiger partial charge in [-0.3, -0.25) is 0 Å². The van der Waals surface area contributed by atoms with Crippen molar-refractivity contribution < 1.29 is 4.39 Å². The van der Waals surface area contributed by atoms with Gasteiger partial charge in [-0.05, 0) is 29.8 Å². The van der Waals surface area contributed by atoms with Gasteiger partial charge in [0.25, 0.3) is 0 Å². The SMILES string of the molecule is CN(Cc1cccc(C#N)c1)c1ccccc1F. The summed E-state index contributed by atoms with van der Waals surface area (Å²) in [6, 6.07) is 16.1. The van der Waals surface area contributed by atoms with Crippen molar-refractivity contribution in [1.82, 2.24) is 0 Å².